The van der Waals surface area contributed by atoms with Gasteiger partial charge in [-0.1, -0.05) is 0 Å². The molecule has 0 aromatic heterocycles. The van der Waals surface area contributed by atoms with E-state index in [9.17, 15) is 8.42 Å². The summed E-state index contributed by atoms with van der Waals surface area (Å²) in [6.45, 7) is 0.984. The monoisotopic (exact) mass is 246 g/mol. The van der Waals surface area contributed by atoms with Crippen molar-refractivity contribution < 1.29 is 13.2 Å². The number of ether oxygens (including phenoxy) is 1. The lowest BCUT2D eigenvalue weighted by Gasteiger charge is -2.20. The lowest BCUT2D eigenvalue weighted by atomic mass is 10.4. The molecule has 16 heavy (non-hydrogen) atoms. The molecular formula is C10H18N2O3S. The Morgan fingerprint density at radius 2 is 2.12 bits per heavy atom. The van der Waals surface area contributed by atoms with Gasteiger partial charge in [0.25, 0.3) is 0 Å². The number of nitriles is 1. The first-order valence-electron chi connectivity index (χ1n) is 5.44. The maximum atomic E-state index is 12.0. The fourth-order valence-electron chi connectivity index (χ4n) is 1.45. The molecular weight excluding hydrogens is 228 g/mol. The third-order valence-corrected chi connectivity index (χ3v) is 4.60. The minimum atomic E-state index is -3.20. The minimum absolute atomic E-state index is 0.224. The number of hydrogen-bond donors (Lipinski definition) is 0. The van der Waals surface area contributed by atoms with Gasteiger partial charge in [-0.2, -0.15) is 9.57 Å². The third kappa shape index (κ3) is 4.47. The maximum absolute atomic E-state index is 12.0. The molecule has 0 radical (unpaired) electrons. The van der Waals surface area contributed by atoms with Crippen molar-refractivity contribution in [3.05, 3.63) is 0 Å². The van der Waals surface area contributed by atoms with E-state index in [1.165, 1.54) is 11.4 Å². The number of nitrogens with zero attached hydrogens (tertiary/aromatic N) is 2. The Morgan fingerprint density at radius 3 is 2.62 bits per heavy atom. The van der Waals surface area contributed by atoms with Crippen LogP contribution in [0.4, 0.5) is 0 Å². The van der Waals surface area contributed by atoms with Gasteiger partial charge in [0.05, 0.1) is 18.4 Å². The second-order valence-corrected chi connectivity index (χ2v) is 6.04. The van der Waals surface area contributed by atoms with E-state index in [2.05, 4.69) is 0 Å². The molecule has 0 saturated heterocycles. The second kappa shape index (κ2) is 6.18. The Hall–Kier alpha value is -0.640. The summed E-state index contributed by atoms with van der Waals surface area (Å²) >= 11 is 0. The van der Waals surface area contributed by atoms with Crippen molar-refractivity contribution in [2.75, 3.05) is 32.6 Å². The first-order chi connectivity index (χ1) is 7.60. The van der Waals surface area contributed by atoms with Crippen LogP contribution in [0.2, 0.25) is 0 Å². The molecule has 0 heterocycles. The SMILES string of the molecule is COCCN(CCC#N)S(=O)(=O)CC1CC1. The van der Waals surface area contributed by atoms with Crippen LogP contribution in [0.3, 0.4) is 0 Å². The van der Waals surface area contributed by atoms with Gasteiger partial charge in [0.15, 0.2) is 0 Å². The highest BCUT2D eigenvalue weighted by Crippen LogP contribution is 2.31. The van der Waals surface area contributed by atoms with Gasteiger partial charge in [0.1, 0.15) is 0 Å². The molecule has 0 aromatic carbocycles. The Balaban J connectivity index is 2.53. The summed E-state index contributed by atoms with van der Waals surface area (Å²) in [5.41, 5.74) is 0. The van der Waals surface area contributed by atoms with E-state index in [4.69, 9.17) is 10.00 Å². The lowest BCUT2D eigenvalue weighted by molar-refractivity contribution is 0.179. The molecule has 1 rings (SSSR count). The maximum Gasteiger partial charge on any atom is 0.214 e. The molecule has 0 aromatic rings. The molecule has 5 nitrogen and oxygen atoms in total. The van der Waals surface area contributed by atoms with E-state index in [1.807, 2.05) is 6.07 Å². The first kappa shape index (κ1) is 13.4. The molecule has 1 aliphatic rings. The van der Waals surface area contributed by atoms with E-state index >= 15 is 0 Å². The van der Waals surface area contributed by atoms with Crippen molar-refractivity contribution in [2.24, 2.45) is 5.92 Å². The van der Waals surface area contributed by atoms with Crippen LogP contribution in [0.5, 0.6) is 0 Å². The fraction of sp³-hybridized carbons (Fsp3) is 0.900. The molecule has 6 heteroatoms. The van der Waals surface area contributed by atoms with Crippen LogP contribution < -0.4 is 0 Å². The van der Waals surface area contributed by atoms with Gasteiger partial charge >= 0.3 is 0 Å². The molecule has 0 unspecified atom stereocenters. The van der Waals surface area contributed by atoms with Gasteiger partial charge in [-0.15, -0.1) is 0 Å². The molecule has 1 saturated carbocycles. The third-order valence-electron chi connectivity index (χ3n) is 2.55. The average molecular weight is 246 g/mol. The van der Waals surface area contributed by atoms with Crippen LogP contribution >= 0.6 is 0 Å². The average Bonchev–Trinajstić information content (AvgIpc) is 3.00. The van der Waals surface area contributed by atoms with E-state index in [0.29, 0.717) is 19.1 Å². The molecule has 0 amide bonds. The van der Waals surface area contributed by atoms with Crippen LogP contribution in [0.1, 0.15) is 19.3 Å². The number of sulfonamides is 1. The molecule has 0 N–H and O–H groups in total. The lowest BCUT2D eigenvalue weighted by Crippen LogP contribution is -2.36. The zero-order valence-electron chi connectivity index (χ0n) is 9.55. The summed E-state index contributed by atoms with van der Waals surface area (Å²) in [5, 5.41) is 8.50. The summed E-state index contributed by atoms with van der Waals surface area (Å²) in [6.07, 6.45) is 2.25. The predicted molar refractivity (Wildman–Crippen MR) is 60.2 cm³/mol. The molecule has 0 spiro atoms. The van der Waals surface area contributed by atoms with Crippen LogP contribution in [0.25, 0.3) is 0 Å². The highest BCUT2D eigenvalue weighted by atomic mass is 32.2. The summed E-state index contributed by atoms with van der Waals surface area (Å²) in [4.78, 5) is 0. The van der Waals surface area contributed by atoms with Crippen LogP contribution in [0, 0.1) is 17.2 Å². The smallest absolute Gasteiger partial charge is 0.214 e. The van der Waals surface area contributed by atoms with Crippen LogP contribution in [0.15, 0.2) is 0 Å². The largest absolute Gasteiger partial charge is 0.383 e. The van der Waals surface area contributed by atoms with Crippen molar-refractivity contribution in [3.63, 3.8) is 0 Å². The van der Waals surface area contributed by atoms with Gasteiger partial charge in [-0.25, -0.2) is 8.42 Å². The van der Waals surface area contributed by atoms with Gasteiger partial charge in [-0.05, 0) is 18.8 Å². The highest BCUT2D eigenvalue weighted by molar-refractivity contribution is 7.89. The van der Waals surface area contributed by atoms with E-state index in [1.54, 1.807) is 0 Å². The number of hydrogen-bond acceptors (Lipinski definition) is 4. The first-order valence-corrected chi connectivity index (χ1v) is 7.05. The van der Waals surface area contributed by atoms with Crippen molar-refractivity contribution in [1.29, 1.82) is 5.26 Å². The minimum Gasteiger partial charge on any atom is -0.383 e. The standard InChI is InChI=1S/C10H18N2O3S/c1-15-8-7-12(6-2-5-11)16(13,14)9-10-3-4-10/h10H,2-4,6-9H2,1H3. The highest BCUT2D eigenvalue weighted by Gasteiger charge is 2.31. The Labute approximate surface area is 97.0 Å². The number of rotatable bonds is 8. The molecule has 92 valence electrons. The number of methoxy groups -OCH3 is 1. The van der Waals surface area contributed by atoms with Gasteiger partial charge in [0, 0.05) is 26.6 Å². The Bertz CT molecular complexity index is 344. The van der Waals surface area contributed by atoms with Gasteiger partial charge in [0.2, 0.25) is 10.0 Å². The Kier molecular flexibility index (Phi) is 5.19. The van der Waals surface area contributed by atoms with E-state index in [0.717, 1.165) is 12.8 Å². The summed E-state index contributed by atoms with van der Waals surface area (Å²) in [6, 6.07) is 1.97. The van der Waals surface area contributed by atoms with E-state index < -0.39 is 10.0 Å². The summed E-state index contributed by atoms with van der Waals surface area (Å²) in [5.74, 6) is 0.555. The van der Waals surface area contributed by atoms with Gasteiger partial charge < -0.3 is 4.74 Å². The zero-order valence-corrected chi connectivity index (χ0v) is 10.4. The topological polar surface area (TPSA) is 70.4 Å². The molecule has 0 aliphatic heterocycles. The van der Waals surface area contributed by atoms with Crippen molar-refractivity contribution in [1.82, 2.24) is 4.31 Å². The molecule has 0 atom stereocenters. The molecule has 1 fully saturated rings. The second-order valence-electron chi connectivity index (χ2n) is 4.02. The van der Waals surface area contributed by atoms with Crippen LogP contribution in [-0.4, -0.2) is 45.3 Å². The van der Waals surface area contributed by atoms with E-state index in [-0.39, 0.29) is 18.7 Å². The van der Waals surface area contributed by atoms with Crippen molar-refractivity contribution >= 4 is 10.0 Å². The fourth-order valence-corrected chi connectivity index (χ4v) is 3.31. The zero-order chi connectivity index (χ0) is 12.0. The van der Waals surface area contributed by atoms with Crippen molar-refractivity contribution in [3.8, 4) is 6.07 Å². The summed E-state index contributed by atoms with van der Waals surface area (Å²) in [7, 11) is -1.66. The molecule has 1 aliphatic carbocycles. The summed E-state index contributed by atoms with van der Waals surface area (Å²) < 4.78 is 30.2. The van der Waals surface area contributed by atoms with Crippen molar-refractivity contribution in [2.45, 2.75) is 19.3 Å². The quantitative estimate of drug-likeness (QED) is 0.628. The van der Waals surface area contributed by atoms with Gasteiger partial charge in [-0.3, -0.25) is 0 Å². The normalized spacial score (nSPS) is 16.3. The Morgan fingerprint density at radius 1 is 1.44 bits per heavy atom. The predicted octanol–water partition coefficient (Wildman–Crippen LogP) is 0.588. The van der Waals surface area contributed by atoms with Crippen LogP contribution in [-0.2, 0) is 14.8 Å². The molecule has 0 bridgehead atoms.